The van der Waals surface area contributed by atoms with Crippen molar-refractivity contribution >= 4 is 34.8 Å². The molecule has 122 valence electrons. The molecule has 2 N–H and O–H groups in total. The highest BCUT2D eigenvalue weighted by atomic mass is 16.5. The maximum atomic E-state index is 11.5. The van der Waals surface area contributed by atoms with Crippen LogP contribution >= 0.6 is 0 Å². The Morgan fingerprint density at radius 2 is 1.14 bits per heavy atom. The second-order valence-electron chi connectivity index (χ2n) is 3.71. The van der Waals surface area contributed by atoms with Crippen molar-refractivity contribution in [3.8, 4) is 0 Å². The van der Waals surface area contributed by atoms with E-state index in [1.165, 1.54) is 13.8 Å². The molecule has 0 aromatic heterocycles. The van der Waals surface area contributed by atoms with Crippen molar-refractivity contribution in [3.63, 3.8) is 0 Å². The van der Waals surface area contributed by atoms with Gasteiger partial charge in [0.1, 0.15) is 0 Å². The summed E-state index contributed by atoms with van der Waals surface area (Å²) in [5.41, 5.74) is -0.975. The average Bonchev–Trinajstić information content (AvgIpc) is 2.47. The highest BCUT2D eigenvalue weighted by molar-refractivity contribution is 6.66. The molecule has 0 fully saturated rings. The van der Waals surface area contributed by atoms with Gasteiger partial charge in [0.2, 0.25) is 11.4 Å². The minimum absolute atomic E-state index is 0.0542. The molecule has 0 aromatic carbocycles. The van der Waals surface area contributed by atoms with Crippen molar-refractivity contribution in [2.24, 2.45) is 20.5 Å². The summed E-state index contributed by atoms with van der Waals surface area (Å²) in [4.78, 5) is 22.9. The maximum absolute atomic E-state index is 11.5. The monoisotopic (exact) mass is 314 g/mol. The van der Waals surface area contributed by atoms with Crippen LogP contribution in [0.2, 0.25) is 0 Å². The molecule has 0 saturated carbocycles. The molecule has 0 radical (unpaired) electrons. The van der Waals surface area contributed by atoms with E-state index in [1.54, 1.807) is 13.8 Å². The normalized spacial score (nSPS) is 13.8. The van der Waals surface area contributed by atoms with Crippen LogP contribution in [0.4, 0.5) is 0 Å². The Labute approximate surface area is 126 Å². The number of hydrogen-bond donors (Lipinski definition) is 2. The van der Waals surface area contributed by atoms with Gasteiger partial charge >= 0.3 is 11.9 Å². The fourth-order valence-electron chi connectivity index (χ4n) is 1.17. The van der Waals surface area contributed by atoms with E-state index in [0.717, 1.165) is 0 Å². The number of rotatable bonds is 7. The lowest BCUT2D eigenvalue weighted by Crippen LogP contribution is -2.26. The molecule has 0 aliphatic carbocycles. The van der Waals surface area contributed by atoms with E-state index in [9.17, 15) is 9.59 Å². The Hall–Kier alpha value is -2.78. The van der Waals surface area contributed by atoms with Crippen LogP contribution in [0, 0.1) is 0 Å². The first-order valence-electron chi connectivity index (χ1n) is 6.30. The summed E-state index contributed by atoms with van der Waals surface area (Å²) in [6, 6.07) is 0. The molecule has 0 aliphatic heterocycles. The van der Waals surface area contributed by atoms with Crippen LogP contribution in [0.1, 0.15) is 27.7 Å². The third-order valence-electron chi connectivity index (χ3n) is 2.17. The molecule has 0 unspecified atom stereocenters. The second-order valence-corrected chi connectivity index (χ2v) is 3.71. The summed E-state index contributed by atoms with van der Waals surface area (Å²) >= 11 is 0. The molecule has 0 bridgehead atoms. The number of esters is 2. The number of carbonyl (C=O) groups excluding carboxylic acids is 2. The Kier molecular flexibility index (Phi) is 8.75. The zero-order valence-electron chi connectivity index (χ0n) is 12.7. The van der Waals surface area contributed by atoms with Gasteiger partial charge in [0.25, 0.3) is 0 Å². The van der Waals surface area contributed by atoms with Gasteiger partial charge in [0.05, 0.1) is 24.6 Å². The van der Waals surface area contributed by atoms with Gasteiger partial charge in [-0.1, -0.05) is 10.3 Å². The highest BCUT2D eigenvalue weighted by Gasteiger charge is 2.19. The minimum Gasteiger partial charge on any atom is -0.461 e. The maximum Gasteiger partial charge on any atom is 0.362 e. The topological polar surface area (TPSA) is 142 Å². The van der Waals surface area contributed by atoms with Crippen LogP contribution < -0.4 is 0 Å². The van der Waals surface area contributed by atoms with Gasteiger partial charge < -0.3 is 19.9 Å². The zero-order chi connectivity index (χ0) is 17.1. The Balaban J connectivity index is 5.27. The lowest BCUT2D eigenvalue weighted by atomic mass is 10.2. The first-order valence-corrected chi connectivity index (χ1v) is 6.30. The predicted molar refractivity (Wildman–Crippen MR) is 77.9 cm³/mol. The lowest BCUT2D eigenvalue weighted by Gasteiger charge is -2.03. The van der Waals surface area contributed by atoms with Crippen LogP contribution in [-0.2, 0) is 19.1 Å². The molecule has 10 heteroatoms. The van der Waals surface area contributed by atoms with Gasteiger partial charge in [-0.25, -0.2) is 9.59 Å². The second kappa shape index (κ2) is 10.0. The first kappa shape index (κ1) is 19.2. The third-order valence-corrected chi connectivity index (χ3v) is 2.17. The molecule has 0 amide bonds. The Morgan fingerprint density at radius 1 is 0.818 bits per heavy atom. The molecule has 0 atom stereocenters. The number of ether oxygens (including phenoxy) is 2. The minimum atomic E-state index is -0.874. The third kappa shape index (κ3) is 5.69. The predicted octanol–water partition coefficient (Wildman–Crippen LogP) is 0.610. The van der Waals surface area contributed by atoms with Gasteiger partial charge in [-0.15, -0.1) is 0 Å². The van der Waals surface area contributed by atoms with Crippen molar-refractivity contribution in [1.29, 1.82) is 0 Å². The standard InChI is InChI=1S/C12H18N4O6/c1-5-21-11(17)9(15-19)7(3)13-14-8(4)10(16-20)12(18)22-6-2/h19-20H,5-6H2,1-4H3/b13-7+,14-8+,15-9+,16-10+. The van der Waals surface area contributed by atoms with Gasteiger partial charge in [0, 0.05) is 0 Å². The number of hydrogen-bond acceptors (Lipinski definition) is 10. The van der Waals surface area contributed by atoms with Gasteiger partial charge in [-0.3, -0.25) is 0 Å². The number of carbonyl (C=O) groups is 2. The van der Waals surface area contributed by atoms with Gasteiger partial charge in [-0.2, -0.15) is 10.2 Å². The smallest absolute Gasteiger partial charge is 0.362 e. The lowest BCUT2D eigenvalue weighted by molar-refractivity contribution is -0.135. The number of nitrogens with zero attached hydrogens (tertiary/aromatic N) is 4. The van der Waals surface area contributed by atoms with Gasteiger partial charge in [-0.05, 0) is 27.7 Å². The molecule has 0 heterocycles. The van der Waals surface area contributed by atoms with Crippen molar-refractivity contribution in [2.75, 3.05) is 13.2 Å². The first-order chi connectivity index (χ1) is 10.4. The number of oxime groups is 2. The van der Waals surface area contributed by atoms with E-state index in [-0.39, 0.29) is 24.6 Å². The molecule has 0 rings (SSSR count). The summed E-state index contributed by atoms with van der Waals surface area (Å²) in [5.74, 6) is -1.75. The van der Waals surface area contributed by atoms with Crippen LogP contribution in [-0.4, -0.2) is 58.4 Å². The molecule has 0 aliphatic rings. The molecular formula is C12H18N4O6. The van der Waals surface area contributed by atoms with Crippen LogP contribution in [0.3, 0.4) is 0 Å². The van der Waals surface area contributed by atoms with Crippen LogP contribution in [0.5, 0.6) is 0 Å². The van der Waals surface area contributed by atoms with Gasteiger partial charge in [0.15, 0.2) is 0 Å². The van der Waals surface area contributed by atoms with Crippen molar-refractivity contribution in [1.82, 2.24) is 0 Å². The summed E-state index contributed by atoms with van der Waals surface area (Å²) < 4.78 is 9.33. The molecule has 10 nitrogen and oxygen atoms in total. The van der Waals surface area contributed by atoms with E-state index < -0.39 is 23.4 Å². The average molecular weight is 314 g/mol. The van der Waals surface area contributed by atoms with E-state index in [4.69, 9.17) is 10.4 Å². The fourth-order valence-corrected chi connectivity index (χ4v) is 1.17. The summed E-state index contributed by atoms with van der Waals surface area (Å²) in [5, 5.41) is 30.4. The zero-order valence-corrected chi connectivity index (χ0v) is 12.7. The summed E-state index contributed by atoms with van der Waals surface area (Å²) in [7, 11) is 0. The van der Waals surface area contributed by atoms with Crippen LogP contribution in [0.15, 0.2) is 20.5 Å². The Bertz CT molecular complexity index is 488. The summed E-state index contributed by atoms with van der Waals surface area (Å²) in [6.07, 6.45) is 0. The van der Waals surface area contributed by atoms with E-state index >= 15 is 0 Å². The van der Waals surface area contributed by atoms with E-state index in [1.807, 2.05) is 0 Å². The quantitative estimate of drug-likeness (QED) is 0.305. The fraction of sp³-hybridized carbons (Fsp3) is 0.500. The van der Waals surface area contributed by atoms with Crippen molar-refractivity contribution in [3.05, 3.63) is 0 Å². The highest BCUT2D eigenvalue weighted by Crippen LogP contribution is 1.95. The van der Waals surface area contributed by atoms with E-state index in [0.29, 0.717) is 0 Å². The summed E-state index contributed by atoms with van der Waals surface area (Å²) in [6.45, 7) is 6.07. The molecule has 0 spiro atoms. The Morgan fingerprint density at radius 3 is 1.36 bits per heavy atom. The molecule has 0 saturated heterocycles. The largest absolute Gasteiger partial charge is 0.461 e. The van der Waals surface area contributed by atoms with Crippen LogP contribution in [0.25, 0.3) is 0 Å². The van der Waals surface area contributed by atoms with Crippen molar-refractivity contribution in [2.45, 2.75) is 27.7 Å². The van der Waals surface area contributed by atoms with E-state index in [2.05, 4.69) is 30.0 Å². The molecule has 0 aromatic rings. The molecular weight excluding hydrogens is 296 g/mol. The van der Waals surface area contributed by atoms with Crippen molar-refractivity contribution < 1.29 is 29.5 Å². The SMILES string of the molecule is CCOC(=O)C(=N/O)/C(C)=N/N=C(C)/C(=N\O)C(=O)OCC. The molecule has 22 heavy (non-hydrogen) atoms.